The third kappa shape index (κ3) is 13.1. The number of aryl methyl sites for hydroxylation is 1. The summed E-state index contributed by atoms with van der Waals surface area (Å²) in [7, 11) is 3.26. The van der Waals surface area contributed by atoms with Gasteiger partial charge in [0.25, 0.3) is 0 Å². The maximum absolute atomic E-state index is 14.1. The normalized spacial score (nSPS) is 18.7. The molecule has 0 fully saturated rings. The van der Waals surface area contributed by atoms with Crippen molar-refractivity contribution < 1.29 is 33.3 Å². The molecule has 5 atom stereocenters. The largest absolute Gasteiger partial charge is 0.487 e. The summed E-state index contributed by atoms with van der Waals surface area (Å²) in [6.45, 7) is 18.9. The third-order valence-corrected chi connectivity index (χ3v) is 17.2. The minimum atomic E-state index is -0.190. The Bertz CT molecular complexity index is 3440. The van der Waals surface area contributed by atoms with Gasteiger partial charge in [0.2, 0.25) is 5.91 Å². The van der Waals surface area contributed by atoms with Gasteiger partial charge in [0.15, 0.2) is 17.3 Å². The number of carbonyl (C=O) groups is 2. The van der Waals surface area contributed by atoms with Crippen LogP contribution in [0.4, 0.5) is 11.5 Å². The third-order valence-electron chi connectivity index (χ3n) is 17.2. The molecule has 18 heteroatoms. The number of ether oxygens (including phenoxy) is 5. The van der Waals surface area contributed by atoms with Gasteiger partial charge in [0, 0.05) is 151 Å². The lowest BCUT2D eigenvalue weighted by Gasteiger charge is -2.22. The number of carbonyl (C=O) groups excluding carboxylic acids is 2. The Kier molecular flexibility index (Phi) is 19.1. The summed E-state index contributed by atoms with van der Waals surface area (Å²) in [6.07, 6.45) is 15.4. The van der Waals surface area contributed by atoms with E-state index in [0.717, 1.165) is 94.3 Å². The molecule has 6 aromatic rings. The zero-order chi connectivity index (χ0) is 58.1. The summed E-state index contributed by atoms with van der Waals surface area (Å²) >= 11 is 0. The van der Waals surface area contributed by atoms with Crippen LogP contribution in [0, 0.1) is 25.7 Å². The predicted molar refractivity (Wildman–Crippen MR) is 325 cm³/mol. The number of amides is 1. The van der Waals surface area contributed by atoms with E-state index in [1.54, 1.807) is 14.2 Å². The molecule has 3 aliphatic heterocycles. The van der Waals surface area contributed by atoms with E-state index in [1.807, 2.05) is 47.3 Å². The van der Waals surface area contributed by atoms with Gasteiger partial charge in [0.1, 0.15) is 31.1 Å². The highest BCUT2D eigenvalue weighted by atomic mass is 16.5. The highest BCUT2D eigenvalue weighted by Gasteiger charge is 2.44. The maximum Gasteiger partial charge on any atom is 0.220 e. The second kappa shape index (κ2) is 27.0. The van der Waals surface area contributed by atoms with Crippen molar-refractivity contribution in [2.24, 2.45) is 21.8 Å². The van der Waals surface area contributed by atoms with Crippen molar-refractivity contribution in [1.82, 2.24) is 40.2 Å². The van der Waals surface area contributed by atoms with E-state index >= 15 is 0 Å². The lowest BCUT2D eigenvalue weighted by Crippen LogP contribution is -2.28. The molecule has 4 aliphatic rings. The fraction of sp³-hybridized carbons (Fsp3) is 0.508. The van der Waals surface area contributed by atoms with Crippen LogP contribution in [0.5, 0.6) is 11.5 Å². The number of aliphatic imine (C=N–C) groups is 2. The first-order valence-electron chi connectivity index (χ1n) is 30.1. The number of H-pyrrole nitrogens is 2. The Hall–Kier alpha value is -7.28. The number of allylic oxidation sites excluding steroid dienone is 1. The average Bonchev–Trinajstić information content (AvgIpc) is 2.64. The van der Waals surface area contributed by atoms with Crippen LogP contribution in [0.3, 0.4) is 0 Å². The van der Waals surface area contributed by atoms with Crippen molar-refractivity contribution in [3.8, 4) is 22.8 Å². The molecule has 0 radical (unpaired) electrons. The van der Waals surface area contributed by atoms with Crippen LogP contribution >= 0.6 is 0 Å². The first-order valence-corrected chi connectivity index (χ1v) is 30.1. The van der Waals surface area contributed by atoms with E-state index in [-0.39, 0.29) is 41.6 Å². The van der Waals surface area contributed by atoms with Crippen LogP contribution in [0.15, 0.2) is 81.8 Å². The second-order valence-corrected chi connectivity index (χ2v) is 22.7. The van der Waals surface area contributed by atoms with E-state index in [2.05, 4.69) is 95.4 Å². The SMILES string of the molecule is CCCCCCOC(C)C1=C(C)C2C=C3N=C(C4CC(=O)c5c4[nH]c(c5C)Cc4[nH]c(c(C)c4CC)CC1=N2)[C@@H](CCC(=O)NCCCCn1cc(-c2cccc(Nc4ncnc5cc(OCCOC)c(OCCOC)cc45)c2)nn1)[C@@H]3C. The van der Waals surface area contributed by atoms with Crippen molar-refractivity contribution in [2.75, 3.05) is 59.1 Å². The van der Waals surface area contributed by atoms with Gasteiger partial charge in [-0.3, -0.25) is 24.3 Å². The van der Waals surface area contributed by atoms with Crippen LogP contribution in [-0.2, 0) is 44.8 Å². The number of methoxy groups -OCH3 is 2. The molecule has 18 nitrogen and oxygen atoms in total. The zero-order valence-electron chi connectivity index (χ0n) is 50.0. The van der Waals surface area contributed by atoms with E-state index < -0.39 is 0 Å². The number of aromatic nitrogens is 7. The molecule has 2 aromatic carbocycles. The molecule has 0 saturated carbocycles. The predicted octanol–water partition coefficient (Wildman–Crippen LogP) is 11.4. The number of nitrogens with one attached hydrogen (secondary N) is 4. The van der Waals surface area contributed by atoms with Crippen molar-refractivity contribution in [2.45, 2.75) is 150 Å². The summed E-state index contributed by atoms with van der Waals surface area (Å²) in [5.74, 6) is 1.71. The molecule has 3 unspecified atom stereocenters. The highest BCUT2D eigenvalue weighted by Crippen LogP contribution is 2.46. The fourth-order valence-electron chi connectivity index (χ4n) is 12.6. The quantitative estimate of drug-likeness (QED) is 0.0354. The number of ketones is 1. The topological polar surface area (TPSA) is 217 Å². The van der Waals surface area contributed by atoms with E-state index in [0.29, 0.717) is 94.5 Å². The summed E-state index contributed by atoms with van der Waals surface area (Å²) < 4.78 is 30.9. The minimum absolute atomic E-state index is 0.0110. The van der Waals surface area contributed by atoms with Gasteiger partial charge in [-0.15, -0.1) is 5.10 Å². The maximum atomic E-state index is 14.1. The van der Waals surface area contributed by atoms with Gasteiger partial charge in [0.05, 0.1) is 37.1 Å². The Balaban J connectivity index is 0.784. The Morgan fingerprint density at radius 2 is 1.67 bits per heavy atom. The molecular formula is C65H83N11O7. The Morgan fingerprint density at radius 3 is 2.46 bits per heavy atom. The molecule has 0 spiro atoms. The van der Waals surface area contributed by atoms with Crippen LogP contribution in [-0.4, -0.2) is 124 Å². The standard InChI is InChI=1S/C65H83N11O7/c1-10-12-13-16-24-81-42(7)61-40(5)51-32-50-39(4)46(63(72-50)48-30-57(77)62-41(6)52(73-64(48)62)33-54-45(11-2)38(3)49(70-54)34-55(61)71-51)20-21-60(78)66-22-14-15-23-76-36-56(74-75-76)43-18-17-19-44(29-43)69-65-47-31-58(82-27-25-79-8)59(83-28-26-80-9)35-53(47)67-37-68-65/h17-19,29,31-32,35-37,39,42,46,48,51,70,73H,10-16,20-28,30,33-34H2,1-9H3,(H,66,78)(H,67,68,69)/t39-,42?,46-,48?,51?/m0/s1. The van der Waals surface area contributed by atoms with Crippen molar-refractivity contribution >= 4 is 45.5 Å². The molecule has 0 saturated heterocycles. The number of hydrogen-bond acceptors (Lipinski definition) is 14. The van der Waals surface area contributed by atoms with Gasteiger partial charge in [-0.05, 0) is 106 Å². The molecular weight excluding hydrogens is 1050 g/mol. The number of fused-ring (bicyclic) bond motifs is 7. The van der Waals surface area contributed by atoms with E-state index in [9.17, 15) is 9.59 Å². The first kappa shape index (κ1) is 58.9. The van der Waals surface area contributed by atoms with Crippen LogP contribution in [0.25, 0.3) is 22.2 Å². The van der Waals surface area contributed by atoms with Crippen LogP contribution in [0.2, 0.25) is 0 Å². The van der Waals surface area contributed by atoms with Crippen molar-refractivity contribution in [1.29, 1.82) is 0 Å². The molecule has 4 aromatic heterocycles. The summed E-state index contributed by atoms with van der Waals surface area (Å²) in [6, 6.07) is 11.5. The molecule has 8 bridgehead atoms. The molecule has 1 aliphatic carbocycles. The Labute approximate surface area is 487 Å². The smallest absolute Gasteiger partial charge is 0.220 e. The number of hydrogen-bond donors (Lipinski definition) is 4. The van der Waals surface area contributed by atoms with Gasteiger partial charge >= 0.3 is 0 Å². The first-order chi connectivity index (χ1) is 40.4. The van der Waals surface area contributed by atoms with E-state index in [1.165, 1.54) is 59.3 Å². The number of nitrogens with zero attached hydrogens (tertiary/aromatic N) is 7. The molecule has 83 heavy (non-hydrogen) atoms. The van der Waals surface area contributed by atoms with Crippen LogP contribution in [0.1, 0.15) is 148 Å². The molecule has 10 rings (SSSR count). The fourth-order valence-corrected chi connectivity index (χ4v) is 12.6. The van der Waals surface area contributed by atoms with Gasteiger partial charge < -0.3 is 44.3 Å². The van der Waals surface area contributed by atoms with Gasteiger partial charge in [-0.2, -0.15) is 0 Å². The number of Topliss-reactive ketones (excluding diaryl/α,β-unsaturated/α-hetero) is 1. The molecule has 7 heterocycles. The summed E-state index contributed by atoms with van der Waals surface area (Å²) in [4.78, 5) is 55.6. The van der Waals surface area contributed by atoms with Gasteiger partial charge in [-0.1, -0.05) is 57.4 Å². The van der Waals surface area contributed by atoms with Gasteiger partial charge in [-0.25, -0.2) is 9.97 Å². The number of unbranched alkanes of at least 4 members (excludes halogenated alkanes) is 4. The average molecular weight is 1130 g/mol. The number of benzene rings is 2. The lowest BCUT2D eigenvalue weighted by molar-refractivity contribution is -0.121. The minimum Gasteiger partial charge on any atom is -0.487 e. The zero-order valence-corrected chi connectivity index (χ0v) is 50.0. The monoisotopic (exact) mass is 1130 g/mol. The summed E-state index contributed by atoms with van der Waals surface area (Å²) in [5.41, 5.74) is 17.4. The second-order valence-electron chi connectivity index (χ2n) is 22.7. The molecule has 440 valence electrons. The summed E-state index contributed by atoms with van der Waals surface area (Å²) in [5, 5.41) is 16.4. The van der Waals surface area contributed by atoms with E-state index in [4.69, 9.17) is 33.7 Å². The molecule has 4 N–H and O–H groups in total. The lowest BCUT2D eigenvalue weighted by atomic mass is 9.80. The number of rotatable bonds is 27. The Morgan fingerprint density at radius 1 is 0.880 bits per heavy atom. The van der Waals surface area contributed by atoms with Crippen molar-refractivity contribution in [3.63, 3.8) is 0 Å². The number of aromatic amines is 2. The highest BCUT2D eigenvalue weighted by molar-refractivity contribution is 6.10. The van der Waals surface area contributed by atoms with Crippen LogP contribution < -0.4 is 20.1 Å². The van der Waals surface area contributed by atoms with Crippen molar-refractivity contribution in [3.05, 3.63) is 117 Å². The molecule has 1 amide bonds. The number of anilines is 2.